The Bertz CT molecular complexity index is 913. The molecule has 0 bridgehead atoms. The molecule has 0 aromatic heterocycles. The minimum absolute atomic E-state index is 0.00315. The number of β-amino-alcohol motifs (C(OH)–C–C–N with tert-alkyl or cyclic N) is 1. The van der Waals surface area contributed by atoms with Crippen LogP contribution in [0.1, 0.15) is 33.1 Å². The lowest BCUT2D eigenvalue weighted by atomic mass is 9.67. The molecule has 3 amide bonds. The second kappa shape index (κ2) is 7.67. The van der Waals surface area contributed by atoms with Crippen molar-refractivity contribution in [1.29, 1.82) is 0 Å². The molecule has 2 aromatic rings. The number of fused-ring (bicyclic) bond motifs is 1. The normalized spacial score (nSPS) is 28.0. The summed E-state index contributed by atoms with van der Waals surface area (Å²) in [5.41, 5.74) is -0.842. The monoisotopic (exact) mass is 396 g/mol. The fraction of sp³-hybridized carbons (Fsp3) is 0.478. The number of carbonyl (C=O) groups excluding carboxylic acids is 2. The largest absolute Gasteiger partial charge is 0.490 e. The molecule has 1 saturated carbocycles. The van der Waals surface area contributed by atoms with Crippen LogP contribution in [-0.4, -0.2) is 46.7 Å². The van der Waals surface area contributed by atoms with Crippen molar-refractivity contribution in [1.82, 2.24) is 10.2 Å². The number of rotatable bonds is 5. The number of aliphatic hydroxyl groups excluding tert-OH is 1. The predicted octanol–water partition coefficient (Wildman–Crippen LogP) is 3.33. The number of amides is 3. The maximum atomic E-state index is 13.2. The number of imide groups is 1. The van der Waals surface area contributed by atoms with Gasteiger partial charge in [0.1, 0.15) is 24.0 Å². The Morgan fingerprint density at radius 2 is 1.83 bits per heavy atom. The van der Waals surface area contributed by atoms with Crippen LogP contribution in [0.3, 0.4) is 0 Å². The highest BCUT2D eigenvalue weighted by Gasteiger charge is 2.58. The Morgan fingerprint density at radius 3 is 2.59 bits per heavy atom. The first-order chi connectivity index (χ1) is 13.9. The lowest BCUT2D eigenvalue weighted by Gasteiger charge is -2.42. The van der Waals surface area contributed by atoms with Crippen LogP contribution in [0.25, 0.3) is 10.8 Å². The highest BCUT2D eigenvalue weighted by Crippen LogP contribution is 2.42. The van der Waals surface area contributed by atoms with E-state index >= 15 is 0 Å². The van der Waals surface area contributed by atoms with Crippen LogP contribution in [0, 0.1) is 11.8 Å². The van der Waals surface area contributed by atoms with Crippen LogP contribution < -0.4 is 10.1 Å². The van der Waals surface area contributed by atoms with Gasteiger partial charge >= 0.3 is 6.03 Å². The summed E-state index contributed by atoms with van der Waals surface area (Å²) in [6, 6.07) is 13.2. The van der Waals surface area contributed by atoms with Gasteiger partial charge in [0.25, 0.3) is 5.91 Å². The second-order valence-electron chi connectivity index (χ2n) is 8.39. The molecule has 6 nitrogen and oxygen atoms in total. The zero-order chi connectivity index (χ0) is 20.6. The van der Waals surface area contributed by atoms with E-state index in [-0.39, 0.29) is 30.9 Å². The molecule has 4 rings (SSSR count). The van der Waals surface area contributed by atoms with Gasteiger partial charge in [0.05, 0.1) is 6.54 Å². The third-order valence-corrected chi connectivity index (χ3v) is 6.56. The molecule has 3 unspecified atom stereocenters. The lowest BCUT2D eigenvalue weighted by molar-refractivity contribution is -0.137. The molecule has 2 aliphatic rings. The van der Waals surface area contributed by atoms with E-state index in [2.05, 4.69) is 5.32 Å². The van der Waals surface area contributed by atoms with Gasteiger partial charge < -0.3 is 15.2 Å². The van der Waals surface area contributed by atoms with Crippen molar-refractivity contribution in [2.75, 3.05) is 13.2 Å². The summed E-state index contributed by atoms with van der Waals surface area (Å²) in [7, 11) is 0. The molecule has 154 valence electrons. The summed E-state index contributed by atoms with van der Waals surface area (Å²) in [4.78, 5) is 26.9. The first-order valence-electron chi connectivity index (χ1n) is 10.4. The molecule has 2 fully saturated rings. The average molecular weight is 396 g/mol. The molecule has 29 heavy (non-hydrogen) atoms. The van der Waals surface area contributed by atoms with Crippen molar-refractivity contribution >= 4 is 22.7 Å². The molecule has 6 heteroatoms. The molecule has 1 aliphatic heterocycles. The summed E-state index contributed by atoms with van der Waals surface area (Å²) in [5, 5.41) is 15.5. The highest BCUT2D eigenvalue weighted by molar-refractivity contribution is 6.07. The molecule has 1 aliphatic carbocycles. The van der Waals surface area contributed by atoms with Gasteiger partial charge in [-0.05, 0) is 36.1 Å². The van der Waals surface area contributed by atoms with Crippen LogP contribution in [0.2, 0.25) is 0 Å². The summed E-state index contributed by atoms with van der Waals surface area (Å²) in [6.07, 6.45) is 1.93. The van der Waals surface area contributed by atoms with E-state index in [9.17, 15) is 14.7 Å². The van der Waals surface area contributed by atoms with Gasteiger partial charge in [-0.15, -0.1) is 0 Å². The van der Waals surface area contributed by atoms with Gasteiger partial charge in [-0.25, -0.2) is 4.79 Å². The zero-order valence-electron chi connectivity index (χ0n) is 16.9. The van der Waals surface area contributed by atoms with Crippen molar-refractivity contribution in [3.05, 3.63) is 42.5 Å². The first kappa shape index (κ1) is 19.7. The van der Waals surface area contributed by atoms with Gasteiger partial charge in [0, 0.05) is 5.39 Å². The minimum Gasteiger partial charge on any atom is -0.490 e. The smallest absolute Gasteiger partial charge is 0.325 e. The molecular formula is C23H28N2O4. The highest BCUT2D eigenvalue weighted by atomic mass is 16.5. The third kappa shape index (κ3) is 3.35. The van der Waals surface area contributed by atoms with E-state index in [0.29, 0.717) is 5.75 Å². The SMILES string of the molecule is CC1CCCC(C)C12NC(=O)N(CC(O)COc1cccc3ccccc13)C2=O. The molecule has 1 saturated heterocycles. The Kier molecular flexibility index (Phi) is 5.21. The van der Waals surface area contributed by atoms with E-state index < -0.39 is 17.7 Å². The van der Waals surface area contributed by atoms with Crippen molar-refractivity contribution in [2.24, 2.45) is 11.8 Å². The van der Waals surface area contributed by atoms with Gasteiger partial charge in [-0.1, -0.05) is 56.7 Å². The lowest BCUT2D eigenvalue weighted by Crippen LogP contribution is -2.59. The zero-order valence-corrected chi connectivity index (χ0v) is 16.9. The Hall–Kier alpha value is -2.60. The number of ether oxygens (including phenoxy) is 1. The maximum absolute atomic E-state index is 13.2. The summed E-state index contributed by atoms with van der Waals surface area (Å²) < 4.78 is 5.82. The van der Waals surface area contributed by atoms with Crippen molar-refractivity contribution < 1.29 is 19.4 Å². The van der Waals surface area contributed by atoms with Gasteiger partial charge in [-0.2, -0.15) is 0 Å². The van der Waals surface area contributed by atoms with Crippen LogP contribution in [-0.2, 0) is 4.79 Å². The number of urea groups is 1. The van der Waals surface area contributed by atoms with Gasteiger partial charge in [-0.3, -0.25) is 9.69 Å². The molecule has 0 radical (unpaired) electrons. The molecule has 2 aromatic carbocycles. The third-order valence-electron chi connectivity index (χ3n) is 6.56. The van der Waals surface area contributed by atoms with Crippen LogP contribution in [0.4, 0.5) is 4.79 Å². The number of carbonyl (C=O) groups is 2. The fourth-order valence-corrected chi connectivity index (χ4v) is 4.89. The summed E-state index contributed by atoms with van der Waals surface area (Å²) in [6.45, 7) is 3.98. The van der Waals surface area contributed by atoms with E-state index in [4.69, 9.17) is 4.74 Å². The topological polar surface area (TPSA) is 78.9 Å². The van der Waals surface area contributed by atoms with Gasteiger partial charge in [0.2, 0.25) is 0 Å². The van der Waals surface area contributed by atoms with Crippen LogP contribution >= 0.6 is 0 Å². The van der Waals surface area contributed by atoms with E-state index in [0.717, 1.165) is 34.9 Å². The fourth-order valence-electron chi connectivity index (χ4n) is 4.89. The quantitative estimate of drug-likeness (QED) is 0.760. The molecule has 1 heterocycles. The van der Waals surface area contributed by atoms with Crippen LogP contribution in [0.15, 0.2) is 42.5 Å². The second-order valence-corrected chi connectivity index (χ2v) is 8.39. The van der Waals surface area contributed by atoms with Gasteiger partial charge in [0.15, 0.2) is 0 Å². The molecule has 2 N–H and O–H groups in total. The summed E-state index contributed by atoms with van der Waals surface area (Å²) >= 11 is 0. The maximum Gasteiger partial charge on any atom is 0.325 e. The Morgan fingerprint density at radius 1 is 1.14 bits per heavy atom. The Labute approximate surface area is 170 Å². The van der Waals surface area contributed by atoms with Crippen LogP contribution in [0.5, 0.6) is 5.75 Å². The first-order valence-corrected chi connectivity index (χ1v) is 10.4. The molecular weight excluding hydrogens is 368 g/mol. The van der Waals surface area contributed by atoms with Crippen molar-refractivity contribution in [2.45, 2.75) is 44.8 Å². The standard InChI is InChI=1S/C23H28N2O4/c1-15-7-5-8-16(2)23(15)21(27)25(22(28)24-23)13-18(26)14-29-20-12-6-10-17-9-3-4-11-19(17)20/h3-4,6,9-12,15-16,18,26H,5,7-8,13-14H2,1-2H3,(H,24,28). The minimum atomic E-state index is -0.965. The number of benzene rings is 2. The predicted molar refractivity (Wildman–Crippen MR) is 111 cm³/mol. The van der Waals surface area contributed by atoms with Crippen molar-refractivity contribution in [3.8, 4) is 5.75 Å². The number of hydrogen-bond acceptors (Lipinski definition) is 4. The number of nitrogens with one attached hydrogen (secondary N) is 1. The molecule has 3 atom stereocenters. The number of aliphatic hydroxyl groups is 1. The number of hydrogen-bond donors (Lipinski definition) is 2. The molecule has 1 spiro atoms. The van der Waals surface area contributed by atoms with E-state index in [1.807, 2.05) is 56.3 Å². The van der Waals surface area contributed by atoms with E-state index in [1.54, 1.807) is 0 Å². The number of nitrogens with zero attached hydrogens (tertiary/aromatic N) is 1. The van der Waals surface area contributed by atoms with E-state index in [1.165, 1.54) is 0 Å². The average Bonchev–Trinajstić information content (AvgIpc) is 2.96. The summed E-state index contributed by atoms with van der Waals surface area (Å²) in [5.74, 6) is 0.616. The Balaban J connectivity index is 1.44. The van der Waals surface area contributed by atoms with Crippen molar-refractivity contribution in [3.63, 3.8) is 0 Å².